The van der Waals surface area contributed by atoms with Crippen molar-refractivity contribution in [3.05, 3.63) is 59.9 Å². The SMILES string of the molecule is C=Cc1cccc(F)c1NC(=NS(=O)(=O)C(C)C(OC(C)C)c1ncc(C)cn1)NN. The molecule has 4 N–H and O–H groups in total. The molecule has 1 heterocycles. The lowest BCUT2D eigenvalue weighted by molar-refractivity contribution is 0.00145. The van der Waals surface area contributed by atoms with Gasteiger partial charge in [-0.3, -0.25) is 5.43 Å². The minimum Gasteiger partial charge on any atom is -0.366 e. The predicted molar refractivity (Wildman–Crippen MR) is 119 cm³/mol. The summed E-state index contributed by atoms with van der Waals surface area (Å²) in [6.45, 7) is 10.4. The molecule has 0 amide bonds. The van der Waals surface area contributed by atoms with Gasteiger partial charge in [0.1, 0.15) is 17.2 Å². The van der Waals surface area contributed by atoms with Crippen LogP contribution in [-0.4, -0.2) is 35.7 Å². The molecule has 9 nitrogen and oxygen atoms in total. The first kappa shape index (κ1) is 24.4. The fraction of sp³-hybridized carbons (Fsp3) is 0.350. The first-order valence-corrected chi connectivity index (χ1v) is 11.0. The maximum Gasteiger partial charge on any atom is 0.262 e. The molecule has 2 unspecified atom stereocenters. The summed E-state index contributed by atoms with van der Waals surface area (Å²) in [4.78, 5) is 8.40. The fourth-order valence-corrected chi connectivity index (χ4v) is 3.65. The van der Waals surface area contributed by atoms with Crippen molar-refractivity contribution in [3.63, 3.8) is 0 Å². The van der Waals surface area contributed by atoms with Crippen LogP contribution in [0.25, 0.3) is 6.08 Å². The Hall–Kier alpha value is -2.89. The summed E-state index contributed by atoms with van der Waals surface area (Å²) in [5, 5.41) is 1.41. The smallest absolute Gasteiger partial charge is 0.262 e. The van der Waals surface area contributed by atoms with Crippen LogP contribution >= 0.6 is 0 Å². The van der Waals surface area contributed by atoms with E-state index in [4.69, 9.17) is 10.6 Å². The highest BCUT2D eigenvalue weighted by Crippen LogP contribution is 2.26. The Morgan fingerprint density at radius 1 is 1.29 bits per heavy atom. The molecule has 0 aliphatic heterocycles. The van der Waals surface area contributed by atoms with Gasteiger partial charge in [-0.1, -0.05) is 24.8 Å². The van der Waals surface area contributed by atoms with E-state index in [2.05, 4.69) is 31.7 Å². The number of hydrogen-bond acceptors (Lipinski definition) is 6. The van der Waals surface area contributed by atoms with Gasteiger partial charge < -0.3 is 10.1 Å². The highest BCUT2D eigenvalue weighted by atomic mass is 32.2. The van der Waals surface area contributed by atoms with Crippen molar-refractivity contribution in [1.82, 2.24) is 15.4 Å². The van der Waals surface area contributed by atoms with Gasteiger partial charge in [0.2, 0.25) is 5.96 Å². The normalized spacial score (nSPS) is 14.2. The van der Waals surface area contributed by atoms with Crippen LogP contribution in [0.5, 0.6) is 0 Å². The molecule has 0 aliphatic rings. The Labute approximate surface area is 181 Å². The van der Waals surface area contributed by atoms with Crippen molar-refractivity contribution >= 4 is 27.7 Å². The summed E-state index contributed by atoms with van der Waals surface area (Å²) < 4.78 is 49.8. The van der Waals surface area contributed by atoms with Crippen LogP contribution < -0.4 is 16.6 Å². The summed E-state index contributed by atoms with van der Waals surface area (Å²) in [5.74, 6) is 4.66. The average molecular weight is 451 g/mol. The van der Waals surface area contributed by atoms with Crippen LogP contribution in [0.1, 0.15) is 43.8 Å². The van der Waals surface area contributed by atoms with Gasteiger partial charge in [0, 0.05) is 18.0 Å². The number of nitrogens with zero attached hydrogens (tertiary/aromatic N) is 3. The molecule has 31 heavy (non-hydrogen) atoms. The number of rotatable bonds is 8. The minimum atomic E-state index is -4.20. The first-order valence-electron chi connectivity index (χ1n) is 9.51. The van der Waals surface area contributed by atoms with Crippen LogP contribution in [0.3, 0.4) is 0 Å². The number of hydrazine groups is 1. The number of aryl methyl sites for hydroxylation is 1. The number of ether oxygens (including phenoxy) is 1. The molecule has 168 valence electrons. The second-order valence-electron chi connectivity index (χ2n) is 7.06. The van der Waals surface area contributed by atoms with E-state index >= 15 is 0 Å². The van der Waals surface area contributed by atoms with Gasteiger partial charge in [-0.25, -0.2) is 28.6 Å². The molecule has 2 rings (SSSR count). The summed E-state index contributed by atoms with van der Waals surface area (Å²) in [6, 6.07) is 4.31. The van der Waals surface area contributed by atoms with Crippen LogP contribution in [0, 0.1) is 12.7 Å². The van der Waals surface area contributed by atoms with E-state index in [0.29, 0.717) is 5.56 Å². The Morgan fingerprint density at radius 2 is 1.94 bits per heavy atom. The average Bonchev–Trinajstić information content (AvgIpc) is 2.72. The van der Waals surface area contributed by atoms with Gasteiger partial charge in [0.25, 0.3) is 10.0 Å². The van der Waals surface area contributed by atoms with Gasteiger partial charge in [-0.2, -0.15) is 0 Å². The van der Waals surface area contributed by atoms with E-state index in [1.54, 1.807) is 32.3 Å². The number of benzene rings is 1. The molecule has 0 fully saturated rings. The highest BCUT2D eigenvalue weighted by molar-refractivity contribution is 7.90. The van der Waals surface area contributed by atoms with E-state index in [1.165, 1.54) is 25.1 Å². The zero-order valence-corrected chi connectivity index (χ0v) is 18.6. The number of hydrogen-bond donors (Lipinski definition) is 3. The van der Waals surface area contributed by atoms with E-state index in [9.17, 15) is 12.8 Å². The fourth-order valence-electron chi connectivity index (χ4n) is 2.64. The number of halogens is 1. The lowest BCUT2D eigenvalue weighted by Gasteiger charge is -2.24. The second-order valence-corrected chi connectivity index (χ2v) is 9.02. The molecular weight excluding hydrogens is 423 g/mol. The van der Waals surface area contributed by atoms with Gasteiger partial charge in [0.05, 0.1) is 11.8 Å². The molecule has 1 aromatic heterocycles. The Kier molecular flexibility index (Phi) is 8.20. The Bertz CT molecular complexity index is 1040. The number of nitrogens with one attached hydrogen (secondary N) is 2. The highest BCUT2D eigenvalue weighted by Gasteiger charge is 2.34. The molecular formula is C20H27FN6O3S. The number of sulfonamides is 1. The van der Waals surface area contributed by atoms with Gasteiger partial charge in [0.15, 0.2) is 5.82 Å². The topological polar surface area (TPSA) is 132 Å². The quantitative estimate of drug-likeness (QED) is 0.242. The van der Waals surface area contributed by atoms with Crippen molar-refractivity contribution in [2.75, 3.05) is 5.32 Å². The van der Waals surface area contributed by atoms with Gasteiger partial charge in [-0.15, -0.1) is 4.40 Å². The van der Waals surface area contributed by atoms with Crippen molar-refractivity contribution in [1.29, 1.82) is 0 Å². The van der Waals surface area contributed by atoms with Crippen LogP contribution in [0.2, 0.25) is 0 Å². The van der Waals surface area contributed by atoms with Crippen molar-refractivity contribution in [3.8, 4) is 0 Å². The molecule has 1 aromatic carbocycles. The number of nitrogens with two attached hydrogens (primary N) is 1. The van der Waals surface area contributed by atoms with Crippen LogP contribution in [0.15, 0.2) is 41.6 Å². The lowest BCUT2D eigenvalue weighted by atomic mass is 10.1. The van der Waals surface area contributed by atoms with Crippen molar-refractivity contribution < 1.29 is 17.5 Å². The lowest BCUT2D eigenvalue weighted by Crippen LogP contribution is -2.39. The van der Waals surface area contributed by atoms with Crippen molar-refractivity contribution in [2.45, 2.75) is 45.2 Å². The Balaban J connectivity index is 2.40. The van der Waals surface area contributed by atoms with E-state index < -0.39 is 27.2 Å². The largest absolute Gasteiger partial charge is 0.366 e. The summed E-state index contributed by atoms with van der Waals surface area (Å²) >= 11 is 0. The van der Waals surface area contributed by atoms with Gasteiger partial charge in [-0.05, 0) is 39.3 Å². The number of aromatic nitrogens is 2. The molecule has 0 saturated heterocycles. The molecule has 2 atom stereocenters. The van der Waals surface area contributed by atoms with Crippen molar-refractivity contribution in [2.24, 2.45) is 10.2 Å². The summed E-state index contributed by atoms with van der Waals surface area (Å²) in [5.41, 5.74) is 3.36. The number of anilines is 1. The molecule has 0 spiro atoms. The maximum atomic E-state index is 14.2. The second kappa shape index (κ2) is 10.4. The third kappa shape index (κ3) is 6.29. The molecule has 0 aliphatic carbocycles. The maximum absolute atomic E-state index is 14.2. The molecule has 0 radical (unpaired) electrons. The summed E-state index contributed by atoms with van der Waals surface area (Å²) in [6.07, 6.45) is 3.29. The Morgan fingerprint density at radius 3 is 2.48 bits per heavy atom. The van der Waals surface area contributed by atoms with E-state index in [-0.39, 0.29) is 23.6 Å². The number of para-hydroxylation sites is 1. The molecule has 2 aromatic rings. The molecule has 0 bridgehead atoms. The van der Waals surface area contributed by atoms with E-state index in [1.807, 2.05) is 6.92 Å². The number of guanidine groups is 1. The first-order chi connectivity index (χ1) is 14.6. The zero-order chi connectivity index (χ0) is 23.2. The summed E-state index contributed by atoms with van der Waals surface area (Å²) in [7, 11) is -4.20. The third-order valence-electron chi connectivity index (χ3n) is 4.23. The minimum absolute atomic E-state index is 0.0195. The van der Waals surface area contributed by atoms with Gasteiger partial charge >= 0.3 is 0 Å². The standard InChI is InChI=1S/C20H27FN6O3S/c1-6-15-8-7-9-16(21)17(15)25-20(26-22)27-31(28,29)14(5)18(30-12(2)3)19-23-10-13(4)11-24-19/h6-12,14,18H,1,22H2,2-5H3,(H2,25,26,27). The molecule has 11 heteroatoms. The predicted octanol–water partition coefficient (Wildman–Crippen LogP) is 2.68. The zero-order valence-electron chi connectivity index (χ0n) is 17.8. The van der Waals surface area contributed by atoms with E-state index in [0.717, 1.165) is 5.56 Å². The third-order valence-corrected chi connectivity index (χ3v) is 5.86. The molecule has 0 saturated carbocycles. The van der Waals surface area contributed by atoms with Crippen LogP contribution in [0.4, 0.5) is 10.1 Å². The monoisotopic (exact) mass is 450 g/mol. The van der Waals surface area contributed by atoms with Crippen LogP contribution in [-0.2, 0) is 14.8 Å².